The molecule has 0 aliphatic rings. The van der Waals surface area contributed by atoms with E-state index in [9.17, 15) is 9.90 Å². The first kappa shape index (κ1) is 14.9. The summed E-state index contributed by atoms with van der Waals surface area (Å²) in [6.07, 6.45) is 0. The van der Waals surface area contributed by atoms with Gasteiger partial charge < -0.3 is 10.0 Å². The van der Waals surface area contributed by atoms with Crippen molar-refractivity contribution in [2.45, 2.75) is 6.54 Å². The molecule has 2 rings (SSSR count). The van der Waals surface area contributed by atoms with E-state index in [-0.39, 0.29) is 5.56 Å². The van der Waals surface area contributed by atoms with E-state index >= 15 is 0 Å². The Labute approximate surface area is 130 Å². The number of hydrogen-bond acceptors (Lipinski definition) is 2. The van der Waals surface area contributed by atoms with Crippen molar-refractivity contribution in [2.75, 3.05) is 11.9 Å². The van der Waals surface area contributed by atoms with Crippen LogP contribution in [0.5, 0.6) is 0 Å². The quantitative estimate of drug-likeness (QED) is 0.882. The van der Waals surface area contributed by atoms with Gasteiger partial charge in [-0.25, -0.2) is 4.79 Å². The van der Waals surface area contributed by atoms with Gasteiger partial charge in [-0.15, -0.1) is 0 Å². The number of aromatic carboxylic acids is 1. The smallest absolute Gasteiger partial charge is 0.338 e. The third kappa shape index (κ3) is 3.14. The molecule has 0 radical (unpaired) electrons. The predicted octanol–water partition coefficient (Wildman–Crippen LogP) is 4.44. The third-order valence-electron chi connectivity index (χ3n) is 2.98. The fraction of sp³-hybridized carbons (Fsp3) is 0.133. The highest BCUT2D eigenvalue weighted by molar-refractivity contribution is 9.10. The molecule has 0 spiro atoms. The van der Waals surface area contributed by atoms with Gasteiger partial charge in [0.05, 0.1) is 11.3 Å². The monoisotopic (exact) mass is 353 g/mol. The summed E-state index contributed by atoms with van der Waals surface area (Å²) >= 11 is 9.42. The molecule has 0 fully saturated rings. The van der Waals surface area contributed by atoms with Gasteiger partial charge in [0.15, 0.2) is 0 Å². The fourth-order valence-corrected chi connectivity index (χ4v) is 2.73. The topological polar surface area (TPSA) is 40.5 Å². The number of carboxylic acids is 1. The summed E-state index contributed by atoms with van der Waals surface area (Å²) in [5.74, 6) is -0.960. The molecule has 0 unspecified atom stereocenters. The Hall–Kier alpha value is -1.52. The van der Waals surface area contributed by atoms with Crippen LogP contribution in [0.4, 0.5) is 5.69 Å². The Morgan fingerprint density at radius 2 is 1.95 bits per heavy atom. The summed E-state index contributed by atoms with van der Waals surface area (Å²) in [6, 6.07) is 12.8. The molecular weight excluding hydrogens is 342 g/mol. The third-order valence-corrected chi connectivity index (χ3v) is 4.01. The molecule has 104 valence electrons. The van der Waals surface area contributed by atoms with Crippen molar-refractivity contribution in [1.82, 2.24) is 0 Å². The van der Waals surface area contributed by atoms with Crippen LogP contribution in [0.15, 0.2) is 46.9 Å². The molecule has 0 atom stereocenters. The van der Waals surface area contributed by atoms with Gasteiger partial charge in [-0.1, -0.05) is 35.9 Å². The Morgan fingerprint density at radius 3 is 2.60 bits per heavy atom. The molecule has 0 saturated heterocycles. The first-order chi connectivity index (χ1) is 9.50. The SMILES string of the molecule is CN(Cc1ccccc1Cl)c1cccc(Br)c1C(=O)O. The van der Waals surface area contributed by atoms with E-state index in [4.69, 9.17) is 11.6 Å². The lowest BCUT2D eigenvalue weighted by atomic mass is 10.1. The van der Waals surface area contributed by atoms with Crippen LogP contribution in [-0.4, -0.2) is 18.1 Å². The van der Waals surface area contributed by atoms with Crippen LogP contribution in [0, 0.1) is 0 Å². The molecule has 0 aliphatic heterocycles. The Balaban J connectivity index is 2.35. The number of benzene rings is 2. The molecule has 2 aromatic carbocycles. The van der Waals surface area contributed by atoms with Gasteiger partial charge >= 0.3 is 5.97 Å². The van der Waals surface area contributed by atoms with Crippen molar-refractivity contribution >= 4 is 39.2 Å². The lowest BCUT2D eigenvalue weighted by Crippen LogP contribution is -2.19. The molecule has 0 aliphatic carbocycles. The van der Waals surface area contributed by atoms with Crippen molar-refractivity contribution in [3.05, 3.63) is 63.1 Å². The Bertz CT molecular complexity index is 646. The van der Waals surface area contributed by atoms with Crippen molar-refractivity contribution in [2.24, 2.45) is 0 Å². The van der Waals surface area contributed by atoms with E-state index < -0.39 is 5.97 Å². The highest BCUT2D eigenvalue weighted by Crippen LogP contribution is 2.29. The molecule has 2 aromatic rings. The molecule has 0 saturated carbocycles. The maximum Gasteiger partial charge on any atom is 0.338 e. The highest BCUT2D eigenvalue weighted by atomic mass is 79.9. The van der Waals surface area contributed by atoms with Crippen molar-refractivity contribution < 1.29 is 9.90 Å². The number of rotatable bonds is 4. The van der Waals surface area contributed by atoms with Crippen LogP contribution >= 0.6 is 27.5 Å². The molecule has 20 heavy (non-hydrogen) atoms. The summed E-state index contributed by atoms with van der Waals surface area (Å²) in [5.41, 5.74) is 1.85. The lowest BCUT2D eigenvalue weighted by Gasteiger charge is -2.22. The molecule has 5 heteroatoms. The van der Waals surface area contributed by atoms with Gasteiger partial charge in [0, 0.05) is 23.1 Å². The Kier molecular flexibility index (Phi) is 4.68. The zero-order valence-electron chi connectivity index (χ0n) is 10.8. The summed E-state index contributed by atoms with van der Waals surface area (Å²) < 4.78 is 0.563. The zero-order valence-corrected chi connectivity index (χ0v) is 13.1. The summed E-state index contributed by atoms with van der Waals surface area (Å²) in [6.45, 7) is 0.538. The van der Waals surface area contributed by atoms with Gasteiger partial charge in [0.1, 0.15) is 0 Å². The molecule has 1 N–H and O–H groups in total. The van der Waals surface area contributed by atoms with Gasteiger partial charge in [0.2, 0.25) is 0 Å². The lowest BCUT2D eigenvalue weighted by molar-refractivity contribution is 0.0696. The zero-order chi connectivity index (χ0) is 14.7. The molecule has 0 amide bonds. The Morgan fingerprint density at radius 1 is 1.25 bits per heavy atom. The van der Waals surface area contributed by atoms with E-state index in [1.165, 1.54) is 0 Å². The summed E-state index contributed by atoms with van der Waals surface area (Å²) in [5, 5.41) is 10.0. The summed E-state index contributed by atoms with van der Waals surface area (Å²) in [4.78, 5) is 13.3. The summed E-state index contributed by atoms with van der Waals surface area (Å²) in [7, 11) is 1.84. The van der Waals surface area contributed by atoms with Gasteiger partial charge in [-0.05, 0) is 39.7 Å². The normalized spacial score (nSPS) is 10.3. The largest absolute Gasteiger partial charge is 0.478 e. The molecule has 0 heterocycles. The van der Waals surface area contributed by atoms with Crippen molar-refractivity contribution in [3.63, 3.8) is 0 Å². The van der Waals surface area contributed by atoms with Gasteiger partial charge in [0.25, 0.3) is 0 Å². The minimum atomic E-state index is -0.960. The minimum Gasteiger partial charge on any atom is -0.478 e. The van der Waals surface area contributed by atoms with Crippen LogP contribution in [0.3, 0.4) is 0 Å². The van der Waals surface area contributed by atoms with Crippen molar-refractivity contribution in [3.8, 4) is 0 Å². The van der Waals surface area contributed by atoms with Gasteiger partial charge in [-0.3, -0.25) is 0 Å². The number of halogens is 2. The number of hydrogen-bond donors (Lipinski definition) is 1. The second kappa shape index (κ2) is 6.29. The first-order valence-electron chi connectivity index (χ1n) is 5.97. The van der Waals surface area contributed by atoms with Gasteiger partial charge in [-0.2, -0.15) is 0 Å². The predicted molar refractivity (Wildman–Crippen MR) is 84.7 cm³/mol. The second-order valence-corrected chi connectivity index (χ2v) is 5.65. The van der Waals surface area contributed by atoms with E-state index in [0.717, 1.165) is 5.56 Å². The molecule has 3 nitrogen and oxygen atoms in total. The van der Waals surface area contributed by atoms with Crippen LogP contribution in [0.1, 0.15) is 15.9 Å². The average Bonchev–Trinajstić information content (AvgIpc) is 2.40. The second-order valence-electron chi connectivity index (χ2n) is 4.39. The molecule has 0 bridgehead atoms. The first-order valence-corrected chi connectivity index (χ1v) is 7.14. The standard InChI is InChI=1S/C15H13BrClNO2/c1-18(9-10-5-2-3-7-12(10)17)13-8-4-6-11(16)14(13)15(19)20/h2-8H,9H2,1H3,(H,19,20). The average molecular weight is 355 g/mol. The number of carbonyl (C=O) groups is 1. The maximum absolute atomic E-state index is 11.4. The molecular formula is C15H13BrClNO2. The number of anilines is 1. The van der Waals surface area contributed by atoms with E-state index in [2.05, 4.69) is 15.9 Å². The number of carboxylic acid groups (broad SMARTS) is 1. The van der Waals surface area contributed by atoms with E-state index in [1.54, 1.807) is 12.1 Å². The highest BCUT2D eigenvalue weighted by Gasteiger charge is 2.17. The maximum atomic E-state index is 11.4. The van der Waals surface area contributed by atoms with Crippen LogP contribution < -0.4 is 4.90 Å². The minimum absolute atomic E-state index is 0.252. The molecule has 0 aromatic heterocycles. The number of nitrogens with zero attached hydrogens (tertiary/aromatic N) is 1. The van der Waals surface area contributed by atoms with Crippen molar-refractivity contribution in [1.29, 1.82) is 0 Å². The van der Waals surface area contributed by atoms with Crippen LogP contribution in [-0.2, 0) is 6.54 Å². The van der Waals surface area contributed by atoms with Crippen LogP contribution in [0.25, 0.3) is 0 Å². The van der Waals surface area contributed by atoms with E-state index in [0.29, 0.717) is 21.7 Å². The fourth-order valence-electron chi connectivity index (χ4n) is 2.01. The van der Waals surface area contributed by atoms with Crippen LogP contribution in [0.2, 0.25) is 5.02 Å². The van der Waals surface area contributed by atoms with E-state index in [1.807, 2.05) is 42.3 Å².